The molecule has 2 aromatic carbocycles. The van der Waals surface area contributed by atoms with Crippen molar-refractivity contribution in [3.63, 3.8) is 0 Å². The van der Waals surface area contributed by atoms with Gasteiger partial charge in [-0.2, -0.15) is 0 Å². The molecule has 0 fully saturated rings. The third-order valence-electron chi connectivity index (χ3n) is 2.95. The van der Waals surface area contributed by atoms with Crippen LogP contribution < -0.4 is 5.32 Å². The van der Waals surface area contributed by atoms with Crippen LogP contribution in [0, 0.1) is 0 Å². The smallest absolute Gasteiger partial charge is 0.338 e. The minimum absolute atomic E-state index is 0.0321. The number of ether oxygens (including phenoxy) is 1. The number of nitrogens with one attached hydrogen (secondary N) is 1. The highest BCUT2D eigenvalue weighted by atomic mass is 35.5. The molecule has 0 aliphatic heterocycles. The summed E-state index contributed by atoms with van der Waals surface area (Å²) in [6, 6.07) is 10.1. The molecule has 2 rings (SSSR count). The van der Waals surface area contributed by atoms with Gasteiger partial charge in [0.2, 0.25) is 0 Å². The van der Waals surface area contributed by atoms with Gasteiger partial charge in [-0.25, -0.2) is 4.79 Å². The molecule has 1 atom stereocenters. The Morgan fingerprint density at radius 1 is 1.13 bits per heavy atom. The van der Waals surface area contributed by atoms with Gasteiger partial charge in [0.1, 0.15) is 5.75 Å². The van der Waals surface area contributed by atoms with Crippen molar-refractivity contribution in [1.29, 1.82) is 0 Å². The Balaban J connectivity index is 1.99. The molecule has 0 heterocycles. The summed E-state index contributed by atoms with van der Waals surface area (Å²) in [7, 11) is 0. The van der Waals surface area contributed by atoms with Gasteiger partial charge < -0.3 is 15.2 Å². The van der Waals surface area contributed by atoms with Gasteiger partial charge >= 0.3 is 5.97 Å². The van der Waals surface area contributed by atoms with Gasteiger partial charge in [-0.05, 0) is 49.4 Å². The lowest BCUT2D eigenvalue weighted by Crippen LogP contribution is -2.30. The van der Waals surface area contributed by atoms with Gasteiger partial charge in [-0.15, -0.1) is 0 Å². The molecule has 0 saturated carbocycles. The maximum absolute atomic E-state index is 12.1. The van der Waals surface area contributed by atoms with Crippen LogP contribution in [0.5, 0.6) is 5.75 Å². The van der Waals surface area contributed by atoms with Crippen LogP contribution >= 0.6 is 23.2 Å². The number of phenols is 1. The number of phenolic OH excluding ortho intramolecular Hbond substituents is 1. The molecule has 0 saturated heterocycles. The summed E-state index contributed by atoms with van der Waals surface area (Å²) in [5.41, 5.74) is 0.598. The van der Waals surface area contributed by atoms with Crippen LogP contribution in [0.25, 0.3) is 0 Å². The molecule has 0 aliphatic rings. The van der Waals surface area contributed by atoms with E-state index in [9.17, 15) is 14.7 Å². The molecule has 0 spiro atoms. The predicted molar refractivity (Wildman–Crippen MR) is 88.1 cm³/mol. The maximum atomic E-state index is 12.1. The van der Waals surface area contributed by atoms with Crippen molar-refractivity contribution < 1.29 is 19.4 Å². The third kappa shape index (κ3) is 4.61. The van der Waals surface area contributed by atoms with E-state index < -0.39 is 18.0 Å². The molecule has 0 aliphatic carbocycles. The van der Waals surface area contributed by atoms with E-state index in [1.54, 1.807) is 12.1 Å². The molecule has 2 aromatic rings. The van der Waals surface area contributed by atoms with E-state index in [1.165, 1.54) is 37.3 Å². The van der Waals surface area contributed by atoms with E-state index in [2.05, 4.69) is 5.32 Å². The van der Waals surface area contributed by atoms with Gasteiger partial charge in [0.25, 0.3) is 5.91 Å². The van der Waals surface area contributed by atoms with E-state index in [0.29, 0.717) is 10.7 Å². The number of esters is 1. The Morgan fingerprint density at radius 3 is 2.39 bits per heavy atom. The molecule has 0 radical (unpaired) electrons. The number of anilines is 1. The number of carbonyl (C=O) groups excluding carboxylic acids is 2. The lowest BCUT2D eigenvalue weighted by molar-refractivity contribution is -0.123. The topological polar surface area (TPSA) is 75.6 Å². The number of rotatable bonds is 4. The lowest BCUT2D eigenvalue weighted by atomic mass is 10.2. The average Bonchev–Trinajstić information content (AvgIpc) is 2.50. The number of amides is 1. The molecule has 0 unspecified atom stereocenters. The molecule has 0 bridgehead atoms. The normalized spacial score (nSPS) is 11.6. The number of halogens is 2. The lowest BCUT2D eigenvalue weighted by Gasteiger charge is -2.14. The van der Waals surface area contributed by atoms with Crippen molar-refractivity contribution in [3.8, 4) is 5.75 Å². The van der Waals surface area contributed by atoms with Gasteiger partial charge in [-0.1, -0.05) is 23.2 Å². The molecule has 7 heteroatoms. The quantitative estimate of drug-likeness (QED) is 0.817. The Morgan fingerprint density at radius 2 is 1.78 bits per heavy atom. The number of benzene rings is 2. The average molecular weight is 354 g/mol. The molecule has 23 heavy (non-hydrogen) atoms. The summed E-state index contributed by atoms with van der Waals surface area (Å²) in [6.45, 7) is 1.44. The van der Waals surface area contributed by atoms with Crippen LogP contribution in [0.4, 0.5) is 5.69 Å². The fourth-order valence-corrected chi connectivity index (χ4v) is 2.16. The van der Waals surface area contributed by atoms with E-state index >= 15 is 0 Å². The molecule has 0 aromatic heterocycles. The first-order valence-electron chi connectivity index (χ1n) is 6.63. The first kappa shape index (κ1) is 17.1. The molecular formula is C16H13Cl2NO4. The van der Waals surface area contributed by atoms with Crippen LogP contribution in [0.15, 0.2) is 42.5 Å². The third-order valence-corrected chi connectivity index (χ3v) is 3.49. The van der Waals surface area contributed by atoms with Crippen molar-refractivity contribution in [3.05, 3.63) is 58.1 Å². The summed E-state index contributed by atoms with van der Waals surface area (Å²) in [4.78, 5) is 24.0. The molecule has 2 N–H and O–H groups in total. The van der Waals surface area contributed by atoms with Crippen molar-refractivity contribution in [2.75, 3.05) is 5.32 Å². The van der Waals surface area contributed by atoms with Gasteiger partial charge in [0.15, 0.2) is 6.10 Å². The van der Waals surface area contributed by atoms with E-state index in [4.69, 9.17) is 27.9 Å². The Bertz CT molecular complexity index is 731. The second-order valence-electron chi connectivity index (χ2n) is 4.71. The predicted octanol–water partition coefficient (Wildman–Crippen LogP) is 3.88. The van der Waals surface area contributed by atoms with E-state index in [-0.39, 0.29) is 16.3 Å². The van der Waals surface area contributed by atoms with E-state index in [1.807, 2.05) is 0 Å². The fourth-order valence-electron chi connectivity index (χ4n) is 1.70. The summed E-state index contributed by atoms with van der Waals surface area (Å²) < 4.78 is 5.07. The number of aromatic hydroxyl groups is 1. The zero-order valence-corrected chi connectivity index (χ0v) is 13.6. The van der Waals surface area contributed by atoms with Crippen LogP contribution in [0.2, 0.25) is 10.0 Å². The van der Waals surface area contributed by atoms with Crippen molar-refractivity contribution >= 4 is 40.8 Å². The monoisotopic (exact) mass is 353 g/mol. The maximum Gasteiger partial charge on any atom is 0.338 e. The zero-order valence-electron chi connectivity index (χ0n) is 12.0. The SMILES string of the molecule is C[C@@H](OC(=O)c1ccc(O)cc1)C(=O)Nc1ccc(Cl)cc1Cl. The van der Waals surface area contributed by atoms with Gasteiger partial charge in [-0.3, -0.25) is 4.79 Å². The Hall–Kier alpha value is -2.24. The molecule has 120 valence electrons. The highest BCUT2D eigenvalue weighted by Crippen LogP contribution is 2.25. The Kier molecular flexibility index (Phi) is 5.47. The highest BCUT2D eigenvalue weighted by Gasteiger charge is 2.19. The largest absolute Gasteiger partial charge is 0.508 e. The molecule has 5 nitrogen and oxygen atoms in total. The minimum Gasteiger partial charge on any atom is -0.508 e. The van der Waals surface area contributed by atoms with Crippen LogP contribution in [0.1, 0.15) is 17.3 Å². The number of hydrogen-bond donors (Lipinski definition) is 2. The second-order valence-corrected chi connectivity index (χ2v) is 5.55. The van der Waals surface area contributed by atoms with Crippen molar-refractivity contribution in [2.24, 2.45) is 0 Å². The summed E-state index contributed by atoms with van der Waals surface area (Å²) in [6.07, 6.45) is -1.02. The van der Waals surface area contributed by atoms with Crippen LogP contribution in [0.3, 0.4) is 0 Å². The summed E-state index contributed by atoms with van der Waals surface area (Å²) in [5, 5.41) is 12.5. The zero-order chi connectivity index (χ0) is 17.0. The molecular weight excluding hydrogens is 341 g/mol. The van der Waals surface area contributed by atoms with Gasteiger partial charge in [0, 0.05) is 5.02 Å². The highest BCUT2D eigenvalue weighted by molar-refractivity contribution is 6.36. The minimum atomic E-state index is -1.02. The van der Waals surface area contributed by atoms with Gasteiger partial charge in [0.05, 0.1) is 16.3 Å². The second kappa shape index (κ2) is 7.35. The number of hydrogen-bond acceptors (Lipinski definition) is 4. The molecule has 1 amide bonds. The first-order chi connectivity index (χ1) is 10.9. The first-order valence-corrected chi connectivity index (χ1v) is 7.38. The van der Waals surface area contributed by atoms with Crippen LogP contribution in [-0.4, -0.2) is 23.1 Å². The summed E-state index contributed by atoms with van der Waals surface area (Å²) in [5.74, 6) is -1.17. The summed E-state index contributed by atoms with van der Waals surface area (Å²) >= 11 is 11.7. The van der Waals surface area contributed by atoms with Crippen LogP contribution in [-0.2, 0) is 9.53 Å². The fraction of sp³-hybridized carbons (Fsp3) is 0.125. The van der Waals surface area contributed by atoms with Crippen molar-refractivity contribution in [1.82, 2.24) is 0 Å². The van der Waals surface area contributed by atoms with E-state index in [0.717, 1.165) is 0 Å². The van der Waals surface area contributed by atoms with Crippen molar-refractivity contribution in [2.45, 2.75) is 13.0 Å². The number of carbonyl (C=O) groups is 2. The Labute approximate surface area is 142 Å². The standard InChI is InChI=1S/C16H13Cl2NO4/c1-9(23-16(22)10-2-5-12(20)6-3-10)15(21)19-14-7-4-11(17)8-13(14)18/h2-9,20H,1H3,(H,19,21)/t9-/m1/s1.